The van der Waals surface area contributed by atoms with Crippen LogP contribution in [0.25, 0.3) is 0 Å². The van der Waals surface area contributed by atoms with Crippen LogP contribution in [0.2, 0.25) is 5.02 Å². The monoisotopic (exact) mass is 444 g/mol. The maximum atomic E-state index is 12.1. The Hall–Kier alpha value is -2.61. The zero-order chi connectivity index (χ0) is 21.9. The van der Waals surface area contributed by atoms with Crippen LogP contribution in [0, 0.1) is 0 Å². The fourth-order valence-corrected chi connectivity index (χ4v) is 3.46. The van der Waals surface area contributed by atoms with E-state index in [1.165, 1.54) is 5.56 Å². The van der Waals surface area contributed by atoms with Gasteiger partial charge < -0.3 is 20.7 Å². The lowest BCUT2D eigenvalue weighted by Gasteiger charge is -2.27. The molecule has 1 fully saturated rings. The topological polar surface area (TPSA) is 82.7 Å². The van der Waals surface area contributed by atoms with Crippen LogP contribution in [0.1, 0.15) is 24.0 Å². The molecule has 0 saturated carbocycles. The molecule has 1 heterocycles. The highest BCUT2D eigenvalue weighted by Gasteiger charge is 2.13. The number of hydrogen-bond donors (Lipinski definition) is 3. The molecule has 3 N–H and O–H groups in total. The van der Waals surface area contributed by atoms with Crippen LogP contribution in [0.15, 0.2) is 48.5 Å². The van der Waals surface area contributed by atoms with E-state index in [0.29, 0.717) is 36.6 Å². The molecule has 1 saturated heterocycles. The number of ether oxygens (including phenoxy) is 1. The molecule has 1 aliphatic heterocycles. The third-order valence-electron chi connectivity index (χ3n) is 5.05. The Labute approximate surface area is 188 Å². The maximum absolute atomic E-state index is 12.1. The van der Waals surface area contributed by atoms with Gasteiger partial charge in [-0.05, 0) is 41.8 Å². The third kappa shape index (κ3) is 8.20. The lowest BCUT2D eigenvalue weighted by Crippen LogP contribution is -2.37. The van der Waals surface area contributed by atoms with E-state index in [4.69, 9.17) is 16.3 Å². The molecule has 0 aromatic heterocycles. The summed E-state index contributed by atoms with van der Waals surface area (Å²) in [4.78, 5) is 26.5. The van der Waals surface area contributed by atoms with Crippen LogP contribution >= 0.6 is 11.6 Å². The highest BCUT2D eigenvalue weighted by molar-refractivity contribution is 6.30. The average Bonchev–Trinajstić information content (AvgIpc) is 2.78. The Morgan fingerprint density at radius 2 is 1.68 bits per heavy atom. The number of carbonyl (C=O) groups is 2. The van der Waals surface area contributed by atoms with Crippen molar-refractivity contribution in [1.82, 2.24) is 15.5 Å². The predicted molar refractivity (Wildman–Crippen MR) is 122 cm³/mol. The Kier molecular flexibility index (Phi) is 9.15. The average molecular weight is 445 g/mol. The van der Waals surface area contributed by atoms with Crippen molar-refractivity contribution in [2.75, 3.05) is 38.2 Å². The van der Waals surface area contributed by atoms with Gasteiger partial charge in [0.1, 0.15) is 0 Å². The van der Waals surface area contributed by atoms with Crippen molar-refractivity contribution in [2.24, 2.45) is 0 Å². The molecule has 0 bridgehead atoms. The minimum atomic E-state index is -0.237. The van der Waals surface area contributed by atoms with E-state index in [1.807, 2.05) is 18.2 Å². The fourth-order valence-electron chi connectivity index (χ4n) is 3.33. The summed E-state index contributed by atoms with van der Waals surface area (Å²) in [5, 5.41) is 9.14. The summed E-state index contributed by atoms with van der Waals surface area (Å²) in [5.74, 6) is -0.0958. The highest BCUT2D eigenvalue weighted by Crippen LogP contribution is 2.14. The van der Waals surface area contributed by atoms with E-state index in [-0.39, 0.29) is 11.9 Å². The number of halogens is 1. The molecule has 3 rings (SSSR count). The van der Waals surface area contributed by atoms with E-state index < -0.39 is 0 Å². The van der Waals surface area contributed by atoms with Gasteiger partial charge in [-0.1, -0.05) is 35.9 Å². The standard InChI is InChI=1S/C23H29ClN4O3/c24-20-7-9-21(10-8-20)27-22(29)6-3-11-25-23(30)26-16-18-4-1-2-5-19(18)17-28-12-14-31-15-13-28/h1-2,4-5,7-10H,3,6,11-17H2,(H,27,29)(H2,25,26,30). The van der Waals surface area contributed by atoms with Crippen LogP contribution in [0.3, 0.4) is 0 Å². The number of morpholine rings is 1. The maximum Gasteiger partial charge on any atom is 0.315 e. The second-order valence-corrected chi connectivity index (χ2v) is 7.86. The van der Waals surface area contributed by atoms with Crippen molar-refractivity contribution in [3.8, 4) is 0 Å². The van der Waals surface area contributed by atoms with Crippen molar-refractivity contribution < 1.29 is 14.3 Å². The quantitative estimate of drug-likeness (QED) is 0.518. The number of anilines is 1. The molecule has 0 aliphatic carbocycles. The lowest BCUT2D eigenvalue weighted by atomic mass is 10.1. The molecule has 2 aromatic carbocycles. The fraction of sp³-hybridized carbons (Fsp3) is 0.391. The zero-order valence-electron chi connectivity index (χ0n) is 17.5. The molecule has 2 aromatic rings. The van der Waals surface area contributed by atoms with Crippen LogP contribution in [0.4, 0.5) is 10.5 Å². The van der Waals surface area contributed by atoms with E-state index in [1.54, 1.807) is 24.3 Å². The minimum absolute atomic E-state index is 0.0958. The second-order valence-electron chi connectivity index (χ2n) is 7.43. The Morgan fingerprint density at radius 3 is 2.42 bits per heavy atom. The molecule has 0 unspecified atom stereocenters. The molecule has 8 heteroatoms. The molecule has 7 nitrogen and oxygen atoms in total. The van der Waals surface area contributed by atoms with Crippen molar-refractivity contribution in [1.29, 1.82) is 0 Å². The van der Waals surface area contributed by atoms with Crippen molar-refractivity contribution in [3.63, 3.8) is 0 Å². The van der Waals surface area contributed by atoms with Gasteiger partial charge in [-0.25, -0.2) is 4.79 Å². The Morgan fingerprint density at radius 1 is 0.968 bits per heavy atom. The largest absolute Gasteiger partial charge is 0.379 e. The van der Waals surface area contributed by atoms with Crippen molar-refractivity contribution in [3.05, 3.63) is 64.7 Å². The zero-order valence-corrected chi connectivity index (χ0v) is 18.3. The number of carbonyl (C=O) groups excluding carboxylic acids is 2. The number of amides is 3. The first kappa shape index (κ1) is 23.1. The SMILES string of the molecule is O=C(CCCNC(=O)NCc1ccccc1CN1CCOCC1)Nc1ccc(Cl)cc1. The second kappa shape index (κ2) is 12.3. The van der Waals surface area contributed by atoms with Gasteiger partial charge in [-0.15, -0.1) is 0 Å². The summed E-state index contributed by atoms with van der Waals surface area (Å²) >= 11 is 5.83. The van der Waals surface area contributed by atoms with Crippen molar-refractivity contribution >= 4 is 29.2 Å². The molecule has 0 spiro atoms. The Balaban J connectivity index is 1.34. The highest BCUT2D eigenvalue weighted by atomic mass is 35.5. The molecule has 166 valence electrons. The molecule has 31 heavy (non-hydrogen) atoms. The number of urea groups is 1. The van der Waals surface area contributed by atoms with Gasteiger partial charge in [-0.2, -0.15) is 0 Å². The molecule has 3 amide bonds. The summed E-state index contributed by atoms with van der Waals surface area (Å²) in [6, 6.07) is 14.9. The lowest BCUT2D eigenvalue weighted by molar-refractivity contribution is -0.116. The van der Waals surface area contributed by atoms with E-state index in [2.05, 4.69) is 26.9 Å². The molecule has 0 atom stereocenters. The molecular formula is C23H29ClN4O3. The Bertz CT molecular complexity index is 854. The van der Waals surface area contributed by atoms with E-state index >= 15 is 0 Å². The summed E-state index contributed by atoms with van der Waals surface area (Å²) in [6.45, 7) is 5.12. The van der Waals surface area contributed by atoms with Gasteiger partial charge >= 0.3 is 6.03 Å². The number of nitrogens with zero attached hydrogens (tertiary/aromatic N) is 1. The minimum Gasteiger partial charge on any atom is -0.379 e. The smallest absolute Gasteiger partial charge is 0.315 e. The first-order valence-corrected chi connectivity index (χ1v) is 10.9. The van der Waals surface area contributed by atoms with Crippen LogP contribution < -0.4 is 16.0 Å². The third-order valence-corrected chi connectivity index (χ3v) is 5.30. The van der Waals surface area contributed by atoms with Gasteiger partial charge in [0.2, 0.25) is 5.91 Å². The van der Waals surface area contributed by atoms with Gasteiger partial charge in [-0.3, -0.25) is 9.69 Å². The summed E-state index contributed by atoms with van der Waals surface area (Å²) in [7, 11) is 0. The summed E-state index contributed by atoms with van der Waals surface area (Å²) in [6.07, 6.45) is 0.881. The van der Waals surface area contributed by atoms with Crippen LogP contribution in [-0.4, -0.2) is 49.7 Å². The van der Waals surface area contributed by atoms with Gasteiger partial charge in [0.05, 0.1) is 13.2 Å². The van der Waals surface area contributed by atoms with Crippen LogP contribution in [-0.2, 0) is 22.6 Å². The first-order valence-electron chi connectivity index (χ1n) is 10.5. The van der Waals surface area contributed by atoms with E-state index in [9.17, 15) is 9.59 Å². The predicted octanol–water partition coefficient (Wildman–Crippen LogP) is 3.39. The molecule has 1 aliphatic rings. The van der Waals surface area contributed by atoms with Crippen molar-refractivity contribution in [2.45, 2.75) is 25.9 Å². The number of nitrogens with one attached hydrogen (secondary N) is 3. The summed E-state index contributed by atoms with van der Waals surface area (Å²) < 4.78 is 5.41. The molecule has 0 radical (unpaired) electrons. The number of hydrogen-bond acceptors (Lipinski definition) is 4. The van der Waals surface area contributed by atoms with Crippen LogP contribution in [0.5, 0.6) is 0 Å². The summed E-state index contributed by atoms with van der Waals surface area (Å²) in [5.41, 5.74) is 3.02. The number of rotatable bonds is 9. The van der Waals surface area contributed by atoms with Gasteiger partial charge in [0.25, 0.3) is 0 Å². The van der Waals surface area contributed by atoms with E-state index in [0.717, 1.165) is 38.4 Å². The van der Waals surface area contributed by atoms with Gasteiger partial charge in [0, 0.05) is 49.9 Å². The first-order chi connectivity index (χ1) is 15.1. The number of benzene rings is 2. The molecular weight excluding hydrogens is 416 g/mol. The van der Waals surface area contributed by atoms with Gasteiger partial charge in [0.15, 0.2) is 0 Å². The normalized spacial score (nSPS) is 14.1.